The molecule has 0 radical (unpaired) electrons. The monoisotopic (exact) mass is 225 g/mol. The van der Waals surface area contributed by atoms with Crippen molar-refractivity contribution >= 4 is 21.1 Å². The number of fused-ring (bicyclic) bond motifs is 1. The highest BCUT2D eigenvalue weighted by Crippen LogP contribution is 2.24. The number of rotatable bonds is 1. The molecule has 0 bridgehead atoms. The Hall–Kier alpha value is -1.49. The maximum Gasteiger partial charge on any atom is 0.334 e. The Balaban J connectivity index is 2.96. The normalized spacial score (nSPS) is 11.9. The van der Waals surface area contributed by atoms with E-state index in [0.29, 0.717) is 5.39 Å². The van der Waals surface area contributed by atoms with Crippen molar-refractivity contribution in [2.24, 2.45) is 0 Å². The van der Waals surface area contributed by atoms with Gasteiger partial charge in [-0.1, -0.05) is 12.1 Å². The minimum atomic E-state index is -4.71. The maximum atomic E-state index is 12.9. The average molecular weight is 225 g/mol. The zero-order valence-electron chi connectivity index (χ0n) is 7.94. The second-order valence-electron chi connectivity index (χ2n) is 3.22. The quantitative estimate of drug-likeness (QED) is 0.699. The molecular weight excluding hydrogens is 217 g/mol. The Kier molecular flexibility index (Phi) is 2.19. The van der Waals surface area contributed by atoms with Crippen LogP contribution in [0.2, 0.25) is 0 Å². The number of aryl methyl sites for hydroxylation is 1. The molecule has 0 saturated carbocycles. The van der Waals surface area contributed by atoms with E-state index in [0.717, 1.165) is 5.56 Å². The molecule has 1 heterocycles. The van der Waals surface area contributed by atoms with Gasteiger partial charge in [0.2, 0.25) is 0 Å². The molecule has 1 aromatic heterocycles. The number of hydrogen-bond donors (Lipinski definition) is 0. The summed E-state index contributed by atoms with van der Waals surface area (Å²) in [6.07, 6.45) is 1.46. The zero-order valence-corrected chi connectivity index (χ0v) is 8.75. The van der Waals surface area contributed by atoms with Crippen molar-refractivity contribution in [2.75, 3.05) is 0 Å². The summed E-state index contributed by atoms with van der Waals surface area (Å²) in [5.74, 6) is 0. The van der Waals surface area contributed by atoms with Gasteiger partial charge in [-0.2, -0.15) is 8.42 Å². The van der Waals surface area contributed by atoms with Crippen molar-refractivity contribution in [3.63, 3.8) is 0 Å². The minimum Gasteiger partial charge on any atom is -0.255 e. The Morgan fingerprint density at radius 2 is 2.00 bits per heavy atom. The highest BCUT2D eigenvalue weighted by Gasteiger charge is 2.16. The second-order valence-corrected chi connectivity index (χ2v) is 4.53. The first-order valence-electron chi connectivity index (χ1n) is 4.29. The summed E-state index contributed by atoms with van der Waals surface area (Å²) >= 11 is 0. The number of benzene rings is 1. The molecule has 0 atom stereocenters. The summed E-state index contributed by atoms with van der Waals surface area (Å²) in [4.78, 5) is 3.52. The third-order valence-corrected chi connectivity index (χ3v) is 3.07. The molecule has 1 aromatic carbocycles. The lowest BCUT2D eigenvalue weighted by molar-refractivity contribution is 0.553. The SMILES string of the molecule is Cc1ccnc2c(S(=O)(=O)F)cccc12. The van der Waals surface area contributed by atoms with E-state index in [1.165, 1.54) is 18.3 Å². The fourth-order valence-electron chi connectivity index (χ4n) is 1.48. The van der Waals surface area contributed by atoms with Crippen LogP contribution in [0.3, 0.4) is 0 Å². The van der Waals surface area contributed by atoms with Gasteiger partial charge in [-0.25, -0.2) is 0 Å². The van der Waals surface area contributed by atoms with E-state index in [1.54, 1.807) is 12.1 Å². The highest BCUT2D eigenvalue weighted by molar-refractivity contribution is 7.86. The topological polar surface area (TPSA) is 47.0 Å². The Morgan fingerprint density at radius 1 is 1.27 bits per heavy atom. The van der Waals surface area contributed by atoms with Gasteiger partial charge in [0, 0.05) is 11.6 Å². The fourth-order valence-corrected chi connectivity index (χ4v) is 2.12. The van der Waals surface area contributed by atoms with Crippen LogP contribution < -0.4 is 0 Å². The number of nitrogens with zero attached hydrogens (tertiary/aromatic N) is 1. The first kappa shape index (κ1) is 10.0. The van der Waals surface area contributed by atoms with Crippen molar-refractivity contribution < 1.29 is 12.3 Å². The number of aromatic nitrogens is 1. The van der Waals surface area contributed by atoms with Gasteiger partial charge in [0.25, 0.3) is 0 Å². The van der Waals surface area contributed by atoms with Gasteiger partial charge in [-0.3, -0.25) is 4.98 Å². The largest absolute Gasteiger partial charge is 0.334 e. The maximum absolute atomic E-state index is 12.9. The smallest absolute Gasteiger partial charge is 0.255 e. The molecule has 78 valence electrons. The Morgan fingerprint density at radius 3 is 2.67 bits per heavy atom. The van der Waals surface area contributed by atoms with E-state index < -0.39 is 10.2 Å². The van der Waals surface area contributed by atoms with E-state index in [-0.39, 0.29) is 10.4 Å². The van der Waals surface area contributed by atoms with Gasteiger partial charge >= 0.3 is 10.2 Å². The third-order valence-electron chi connectivity index (χ3n) is 2.21. The molecule has 0 saturated heterocycles. The van der Waals surface area contributed by atoms with Gasteiger partial charge in [0.05, 0.1) is 5.52 Å². The first-order chi connectivity index (χ1) is 7.00. The Bertz CT molecular complexity index is 622. The summed E-state index contributed by atoms with van der Waals surface area (Å²) in [5, 5.41) is 0.649. The van der Waals surface area contributed by atoms with Crippen molar-refractivity contribution in [3.05, 3.63) is 36.0 Å². The Labute approximate surface area is 86.8 Å². The standard InChI is InChI=1S/C10H8FNO2S/c1-7-5-6-12-10-8(7)3-2-4-9(10)15(11,13)14/h2-6H,1H3. The molecule has 0 spiro atoms. The molecule has 3 nitrogen and oxygen atoms in total. The first-order valence-corrected chi connectivity index (χ1v) is 5.67. The molecule has 0 N–H and O–H groups in total. The summed E-state index contributed by atoms with van der Waals surface area (Å²) in [6.45, 7) is 1.82. The summed E-state index contributed by atoms with van der Waals surface area (Å²) in [6, 6.07) is 6.18. The van der Waals surface area contributed by atoms with Crippen LogP contribution in [0, 0.1) is 6.92 Å². The number of para-hydroxylation sites is 1. The van der Waals surface area contributed by atoms with Crippen molar-refractivity contribution in [2.45, 2.75) is 11.8 Å². The second kappa shape index (κ2) is 3.27. The van der Waals surface area contributed by atoms with E-state index in [1.807, 2.05) is 6.92 Å². The van der Waals surface area contributed by atoms with Gasteiger partial charge in [0.15, 0.2) is 0 Å². The van der Waals surface area contributed by atoms with Crippen LogP contribution in [0.1, 0.15) is 5.56 Å². The summed E-state index contributed by atoms with van der Waals surface area (Å²) in [7, 11) is -4.71. The molecule has 0 aliphatic heterocycles. The van der Waals surface area contributed by atoms with E-state index in [9.17, 15) is 12.3 Å². The molecule has 5 heteroatoms. The van der Waals surface area contributed by atoms with E-state index >= 15 is 0 Å². The van der Waals surface area contributed by atoms with Gasteiger partial charge in [-0.05, 0) is 24.6 Å². The molecule has 0 amide bonds. The lowest BCUT2D eigenvalue weighted by Gasteiger charge is -2.03. The van der Waals surface area contributed by atoms with Crippen molar-refractivity contribution in [1.29, 1.82) is 0 Å². The fraction of sp³-hybridized carbons (Fsp3) is 0.100. The predicted octanol–water partition coefficient (Wildman–Crippen LogP) is 2.20. The molecule has 0 aliphatic carbocycles. The van der Waals surface area contributed by atoms with E-state index in [2.05, 4.69) is 4.98 Å². The molecule has 15 heavy (non-hydrogen) atoms. The van der Waals surface area contributed by atoms with Gasteiger partial charge < -0.3 is 0 Å². The summed E-state index contributed by atoms with van der Waals surface area (Å²) < 4.78 is 34.6. The van der Waals surface area contributed by atoms with Crippen LogP contribution in [-0.4, -0.2) is 13.4 Å². The van der Waals surface area contributed by atoms with Crippen LogP contribution in [0.5, 0.6) is 0 Å². The van der Waals surface area contributed by atoms with E-state index in [4.69, 9.17) is 0 Å². The third kappa shape index (κ3) is 1.70. The summed E-state index contributed by atoms with van der Waals surface area (Å²) in [5.41, 5.74) is 1.05. The van der Waals surface area contributed by atoms with Gasteiger partial charge in [-0.15, -0.1) is 3.89 Å². The van der Waals surface area contributed by atoms with Crippen LogP contribution in [-0.2, 0) is 10.2 Å². The zero-order chi connectivity index (χ0) is 11.1. The minimum absolute atomic E-state index is 0.181. The highest BCUT2D eigenvalue weighted by atomic mass is 32.3. The van der Waals surface area contributed by atoms with Crippen LogP contribution in [0.15, 0.2) is 35.4 Å². The number of hydrogen-bond acceptors (Lipinski definition) is 3. The van der Waals surface area contributed by atoms with Crippen molar-refractivity contribution in [1.82, 2.24) is 4.98 Å². The van der Waals surface area contributed by atoms with Crippen LogP contribution in [0.4, 0.5) is 3.89 Å². The van der Waals surface area contributed by atoms with Gasteiger partial charge in [0.1, 0.15) is 4.90 Å². The number of pyridine rings is 1. The average Bonchev–Trinajstić information content (AvgIpc) is 2.16. The molecule has 0 aliphatic rings. The molecule has 0 fully saturated rings. The molecular formula is C10H8FNO2S. The lowest BCUT2D eigenvalue weighted by atomic mass is 10.1. The molecule has 0 unspecified atom stereocenters. The molecule has 2 aromatic rings. The van der Waals surface area contributed by atoms with Crippen LogP contribution >= 0.6 is 0 Å². The molecule has 2 rings (SSSR count). The van der Waals surface area contributed by atoms with Crippen molar-refractivity contribution in [3.8, 4) is 0 Å². The lowest BCUT2D eigenvalue weighted by Crippen LogP contribution is -1.95. The number of halogens is 1. The predicted molar refractivity (Wildman–Crippen MR) is 54.8 cm³/mol. The van der Waals surface area contributed by atoms with Crippen LogP contribution in [0.25, 0.3) is 10.9 Å².